The van der Waals surface area contributed by atoms with E-state index in [1.807, 2.05) is 0 Å². The molecule has 4 N–H and O–H groups in total. The van der Waals surface area contributed by atoms with Gasteiger partial charge in [0.25, 0.3) is 0 Å². The molecule has 0 fully saturated rings. The zero-order valence-corrected chi connectivity index (χ0v) is 9.98. The molecule has 98 valence electrons. The summed E-state index contributed by atoms with van der Waals surface area (Å²) in [6, 6.07) is 6.91. The summed E-state index contributed by atoms with van der Waals surface area (Å²) in [5, 5.41) is 18.7. The van der Waals surface area contributed by atoms with Crippen molar-refractivity contribution in [2.24, 2.45) is 5.73 Å². The lowest BCUT2D eigenvalue weighted by Crippen LogP contribution is -2.53. The van der Waals surface area contributed by atoms with Gasteiger partial charge >= 0.3 is 5.97 Å². The van der Waals surface area contributed by atoms with E-state index in [2.05, 4.69) is 0 Å². The maximum absolute atomic E-state index is 11.8. The third-order valence-corrected chi connectivity index (χ3v) is 2.47. The molecule has 0 saturated heterocycles. The molecule has 0 saturated carbocycles. The number of rotatable bonds is 5. The van der Waals surface area contributed by atoms with Crippen LogP contribution in [0.25, 0.3) is 0 Å². The number of amides is 1. The van der Waals surface area contributed by atoms with E-state index in [9.17, 15) is 14.7 Å². The molecular weight excluding hydrogens is 236 g/mol. The maximum atomic E-state index is 11.8. The average molecular weight is 252 g/mol. The standard InChI is InChI=1S/C12H16N2O4/c1-8(15)11(12(17)18)14(10(16)7-13)9-5-3-2-4-6-9/h2-6,8,11,15H,7,13H2,1H3,(H,17,18)/t8-,11+/m1/s1. The Hall–Kier alpha value is -1.92. The summed E-state index contributed by atoms with van der Waals surface area (Å²) in [6.45, 7) is 0.990. The number of carboxylic acid groups (broad SMARTS) is 1. The number of hydrogen-bond acceptors (Lipinski definition) is 4. The fourth-order valence-corrected chi connectivity index (χ4v) is 1.68. The number of hydrogen-bond donors (Lipinski definition) is 3. The number of carbonyl (C=O) groups is 2. The van der Waals surface area contributed by atoms with Crippen molar-refractivity contribution in [2.45, 2.75) is 19.1 Å². The first-order valence-electron chi connectivity index (χ1n) is 5.47. The lowest BCUT2D eigenvalue weighted by atomic mass is 10.1. The van der Waals surface area contributed by atoms with Gasteiger partial charge in [-0.05, 0) is 19.1 Å². The van der Waals surface area contributed by atoms with Crippen LogP contribution in [0, 0.1) is 0 Å². The monoisotopic (exact) mass is 252 g/mol. The number of nitrogens with zero attached hydrogens (tertiary/aromatic N) is 1. The Morgan fingerprint density at radius 1 is 1.33 bits per heavy atom. The number of carboxylic acids is 1. The summed E-state index contributed by atoms with van der Waals surface area (Å²) in [5.41, 5.74) is 5.67. The van der Waals surface area contributed by atoms with Crippen molar-refractivity contribution in [3.8, 4) is 0 Å². The van der Waals surface area contributed by atoms with Crippen LogP contribution < -0.4 is 10.6 Å². The number of para-hydroxylation sites is 1. The van der Waals surface area contributed by atoms with E-state index in [1.165, 1.54) is 6.92 Å². The molecule has 0 aliphatic heterocycles. The predicted octanol–water partition coefficient (Wildman–Crippen LogP) is -0.188. The third-order valence-electron chi connectivity index (χ3n) is 2.47. The van der Waals surface area contributed by atoms with Gasteiger partial charge in [-0.2, -0.15) is 0 Å². The summed E-state index contributed by atoms with van der Waals surface area (Å²) in [6.07, 6.45) is -1.21. The van der Waals surface area contributed by atoms with Gasteiger partial charge in [-0.15, -0.1) is 0 Å². The number of aliphatic hydroxyl groups excluding tert-OH is 1. The van der Waals surface area contributed by atoms with E-state index in [0.717, 1.165) is 4.90 Å². The highest BCUT2D eigenvalue weighted by atomic mass is 16.4. The first-order valence-corrected chi connectivity index (χ1v) is 5.47. The molecular formula is C12H16N2O4. The second-order valence-corrected chi connectivity index (χ2v) is 3.83. The highest BCUT2D eigenvalue weighted by molar-refractivity contribution is 6.00. The van der Waals surface area contributed by atoms with Gasteiger partial charge in [0.2, 0.25) is 5.91 Å². The predicted molar refractivity (Wildman–Crippen MR) is 66.1 cm³/mol. The van der Waals surface area contributed by atoms with Gasteiger partial charge in [-0.3, -0.25) is 9.69 Å². The molecule has 0 aliphatic carbocycles. The topological polar surface area (TPSA) is 104 Å². The van der Waals surface area contributed by atoms with Crippen molar-refractivity contribution < 1.29 is 19.8 Å². The minimum atomic E-state index is -1.36. The second-order valence-electron chi connectivity index (χ2n) is 3.83. The molecule has 18 heavy (non-hydrogen) atoms. The Labute approximate surface area is 105 Å². The number of aliphatic hydroxyl groups is 1. The minimum Gasteiger partial charge on any atom is -0.480 e. The second kappa shape index (κ2) is 6.13. The molecule has 1 rings (SSSR count). The third kappa shape index (κ3) is 3.06. The van der Waals surface area contributed by atoms with Crippen LogP contribution >= 0.6 is 0 Å². The summed E-state index contributed by atoms with van der Waals surface area (Å²) in [4.78, 5) is 24.0. The van der Waals surface area contributed by atoms with Gasteiger partial charge in [0.1, 0.15) is 0 Å². The molecule has 2 atom stereocenters. The summed E-state index contributed by atoms with van der Waals surface area (Å²) in [5.74, 6) is -1.84. The van der Waals surface area contributed by atoms with Crippen molar-refractivity contribution in [3.05, 3.63) is 30.3 Å². The number of anilines is 1. The van der Waals surface area contributed by atoms with E-state index in [-0.39, 0.29) is 6.54 Å². The molecule has 0 unspecified atom stereocenters. The Kier molecular flexibility index (Phi) is 4.82. The number of carbonyl (C=O) groups excluding carboxylic acids is 1. The Bertz CT molecular complexity index is 419. The summed E-state index contributed by atoms with van der Waals surface area (Å²) >= 11 is 0. The van der Waals surface area contributed by atoms with Crippen LogP contribution in [0.3, 0.4) is 0 Å². The van der Waals surface area contributed by atoms with E-state index < -0.39 is 24.0 Å². The Balaban J connectivity index is 3.20. The van der Waals surface area contributed by atoms with Gasteiger partial charge in [0.15, 0.2) is 6.04 Å². The molecule has 6 heteroatoms. The molecule has 0 heterocycles. The van der Waals surface area contributed by atoms with Gasteiger partial charge in [0, 0.05) is 5.69 Å². The van der Waals surface area contributed by atoms with Crippen LogP contribution in [0.15, 0.2) is 30.3 Å². The molecule has 0 spiro atoms. The van der Waals surface area contributed by atoms with Crippen molar-refractivity contribution in [3.63, 3.8) is 0 Å². The number of benzene rings is 1. The highest BCUT2D eigenvalue weighted by Crippen LogP contribution is 2.19. The smallest absolute Gasteiger partial charge is 0.329 e. The van der Waals surface area contributed by atoms with Crippen LogP contribution in [0.1, 0.15) is 6.92 Å². The number of nitrogens with two attached hydrogens (primary N) is 1. The van der Waals surface area contributed by atoms with Crippen molar-refractivity contribution >= 4 is 17.6 Å². The van der Waals surface area contributed by atoms with Gasteiger partial charge in [-0.25, -0.2) is 4.79 Å². The van der Waals surface area contributed by atoms with E-state index in [1.54, 1.807) is 30.3 Å². The van der Waals surface area contributed by atoms with Gasteiger partial charge < -0.3 is 15.9 Å². The average Bonchev–Trinajstić information content (AvgIpc) is 2.34. The van der Waals surface area contributed by atoms with E-state index >= 15 is 0 Å². The lowest BCUT2D eigenvalue weighted by molar-refractivity contribution is -0.142. The van der Waals surface area contributed by atoms with Crippen molar-refractivity contribution in [1.29, 1.82) is 0 Å². The number of aliphatic carboxylic acids is 1. The fourth-order valence-electron chi connectivity index (χ4n) is 1.68. The zero-order valence-electron chi connectivity index (χ0n) is 9.98. The van der Waals surface area contributed by atoms with Crippen LogP contribution in [-0.2, 0) is 9.59 Å². The van der Waals surface area contributed by atoms with Crippen molar-refractivity contribution in [2.75, 3.05) is 11.4 Å². The normalized spacial score (nSPS) is 13.7. The SMILES string of the molecule is C[C@@H](O)[C@@H](C(=O)O)N(C(=O)CN)c1ccccc1. The zero-order chi connectivity index (χ0) is 13.7. The molecule has 0 radical (unpaired) electrons. The summed E-state index contributed by atoms with van der Waals surface area (Å²) < 4.78 is 0. The van der Waals surface area contributed by atoms with E-state index in [4.69, 9.17) is 10.8 Å². The van der Waals surface area contributed by atoms with Crippen molar-refractivity contribution in [1.82, 2.24) is 0 Å². The minimum absolute atomic E-state index is 0.328. The molecule has 6 nitrogen and oxygen atoms in total. The molecule has 1 aromatic carbocycles. The lowest BCUT2D eigenvalue weighted by Gasteiger charge is -2.30. The van der Waals surface area contributed by atoms with Crippen LogP contribution in [0.5, 0.6) is 0 Å². The first-order chi connectivity index (χ1) is 8.49. The fraction of sp³-hybridized carbons (Fsp3) is 0.333. The molecule has 0 aliphatic rings. The summed E-state index contributed by atoms with van der Waals surface area (Å²) in [7, 11) is 0. The Morgan fingerprint density at radius 2 is 1.89 bits per heavy atom. The van der Waals surface area contributed by atoms with Crippen LogP contribution in [0.4, 0.5) is 5.69 Å². The van der Waals surface area contributed by atoms with Gasteiger partial charge in [-0.1, -0.05) is 18.2 Å². The molecule has 0 bridgehead atoms. The van der Waals surface area contributed by atoms with E-state index in [0.29, 0.717) is 5.69 Å². The molecule has 0 aromatic heterocycles. The highest BCUT2D eigenvalue weighted by Gasteiger charge is 2.34. The molecule has 1 aromatic rings. The van der Waals surface area contributed by atoms with Crippen LogP contribution in [0.2, 0.25) is 0 Å². The maximum Gasteiger partial charge on any atom is 0.329 e. The Morgan fingerprint density at radius 3 is 2.28 bits per heavy atom. The quantitative estimate of drug-likeness (QED) is 0.674. The largest absolute Gasteiger partial charge is 0.480 e. The van der Waals surface area contributed by atoms with Gasteiger partial charge in [0.05, 0.1) is 12.6 Å². The first kappa shape index (κ1) is 14.1. The molecule has 1 amide bonds. The van der Waals surface area contributed by atoms with Crippen LogP contribution in [-0.4, -0.2) is 40.8 Å².